The van der Waals surface area contributed by atoms with Crippen LogP contribution in [0.25, 0.3) is 0 Å². The third kappa shape index (κ3) is 5.69. The largest absolute Gasteiger partial charge is 0.433 e. The van der Waals surface area contributed by atoms with Gasteiger partial charge >= 0.3 is 6.61 Å². The van der Waals surface area contributed by atoms with Crippen molar-refractivity contribution < 1.29 is 18.3 Å². The van der Waals surface area contributed by atoms with E-state index in [0.717, 1.165) is 11.3 Å². The van der Waals surface area contributed by atoms with E-state index < -0.39 is 6.61 Å². The maximum Gasteiger partial charge on any atom is 0.387 e. The molecule has 0 aliphatic heterocycles. The zero-order valence-corrected chi connectivity index (χ0v) is 14.4. The summed E-state index contributed by atoms with van der Waals surface area (Å²) in [6.45, 7) is -1.14. The highest BCUT2D eigenvalue weighted by molar-refractivity contribution is 7.99. The van der Waals surface area contributed by atoms with Crippen molar-refractivity contribution in [3.8, 4) is 5.75 Å². The van der Waals surface area contributed by atoms with E-state index in [1.807, 2.05) is 30.3 Å². The third-order valence-electron chi connectivity index (χ3n) is 3.13. The number of alkyl halides is 2. The Hall–Kier alpha value is -1.79. The molecule has 0 fully saturated rings. The highest BCUT2D eigenvalue weighted by Gasteiger charge is 2.15. The topological polar surface area (TPSA) is 38.3 Å². The highest BCUT2D eigenvalue weighted by Crippen LogP contribution is 2.29. The van der Waals surface area contributed by atoms with Gasteiger partial charge in [0.1, 0.15) is 5.75 Å². The maximum atomic E-state index is 12.2. The van der Waals surface area contributed by atoms with E-state index in [-0.39, 0.29) is 21.9 Å². The van der Waals surface area contributed by atoms with E-state index in [0.29, 0.717) is 5.69 Å². The number of ether oxygens (including phenoxy) is 1. The van der Waals surface area contributed by atoms with Crippen LogP contribution in [0.2, 0.25) is 5.02 Å². The smallest absolute Gasteiger partial charge is 0.387 e. The second-order valence-electron chi connectivity index (χ2n) is 4.95. The Morgan fingerprint density at radius 2 is 1.96 bits per heavy atom. The molecule has 2 rings (SSSR count). The van der Waals surface area contributed by atoms with Crippen molar-refractivity contribution in [1.82, 2.24) is 0 Å². The second kappa shape index (κ2) is 8.89. The summed E-state index contributed by atoms with van der Waals surface area (Å²) >= 11 is 7.37. The summed E-state index contributed by atoms with van der Waals surface area (Å²) in [5.74, 6) is 0.405. The number of rotatable bonds is 7. The van der Waals surface area contributed by atoms with Gasteiger partial charge in [0.05, 0.1) is 10.3 Å². The first kappa shape index (κ1) is 18.5. The first-order valence-electron chi connectivity index (χ1n) is 7.16. The van der Waals surface area contributed by atoms with Gasteiger partial charge in [0.25, 0.3) is 0 Å². The summed E-state index contributed by atoms with van der Waals surface area (Å²) in [4.78, 5) is 12.2. The number of carbonyl (C=O) groups is 1. The Morgan fingerprint density at radius 1 is 1.25 bits per heavy atom. The quantitative estimate of drug-likeness (QED) is 0.726. The number of halogens is 3. The van der Waals surface area contributed by atoms with Crippen LogP contribution < -0.4 is 10.1 Å². The number of benzene rings is 2. The lowest BCUT2D eigenvalue weighted by molar-refractivity contribution is -0.115. The molecule has 2 aromatic rings. The fourth-order valence-corrected chi connectivity index (χ4v) is 2.96. The van der Waals surface area contributed by atoms with Gasteiger partial charge in [-0.3, -0.25) is 4.79 Å². The van der Waals surface area contributed by atoms with Crippen LogP contribution >= 0.6 is 23.4 Å². The Morgan fingerprint density at radius 3 is 2.58 bits per heavy atom. The predicted molar refractivity (Wildman–Crippen MR) is 93.9 cm³/mol. The molecular weight excluding hydrogens is 356 g/mol. The van der Waals surface area contributed by atoms with E-state index >= 15 is 0 Å². The Kier molecular flexibility index (Phi) is 6.87. The number of carbonyl (C=O) groups excluding carboxylic acids is 1. The zero-order chi connectivity index (χ0) is 17.5. The van der Waals surface area contributed by atoms with Crippen molar-refractivity contribution in [3.63, 3.8) is 0 Å². The van der Waals surface area contributed by atoms with Gasteiger partial charge in [0.2, 0.25) is 5.91 Å². The number of hydrogen-bond acceptors (Lipinski definition) is 3. The van der Waals surface area contributed by atoms with E-state index in [1.165, 1.54) is 30.0 Å². The first-order valence-corrected chi connectivity index (χ1v) is 8.59. The lowest BCUT2D eigenvalue weighted by Gasteiger charge is -2.13. The average molecular weight is 372 g/mol. The van der Waals surface area contributed by atoms with Crippen LogP contribution in [0.4, 0.5) is 14.5 Å². The minimum Gasteiger partial charge on any atom is -0.433 e. The van der Waals surface area contributed by atoms with Gasteiger partial charge in [-0.1, -0.05) is 41.9 Å². The number of hydrogen-bond donors (Lipinski definition) is 1. The fraction of sp³-hybridized carbons (Fsp3) is 0.235. The Labute approximate surface area is 148 Å². The van der Waals surface area contributed by atoms with Crippen LogP contribution in [0.3, 0.4) is 0 Å². The summed E-state index contributed by atoms with van der Waals surface area (Å²) in [5, 5.41) is 2.45. The van der Waals surface area contributed by atoms with Crippen LogP contribution in [0.15, 0.2) is 48.5 Å². The fourth-order valence-electron chi connectivity index (χ4n) is 1.89. The molecule has 0 aromatic heterocycles. The van der Waals surface area contributed by atoms with Gasteiger partial charge in [-0.2, -0.15) is 8.78 Å². The summed E-state index contributed by atoms with van der Waals surface area (Å²) in [6, 6.07) is 14.0. The van der Waals surface area contributed by atoms with E-state index in [9.17, 15) is 13.6 Å². The second-order valence-corrected chi connectivity index (χ2v) is 6.69. The van der Waals surface area contributed by atoms with E-state index in [1.54, 1.807) is 6.92 Å². The van der Waals surface area contributed by atoms with Crippen molar-refractivity contribution in [1.29, 1.82) is 0 Å². The molecule has 2 aromatic carbocycles. The molecule has 1 N–H and O–H groups in total. The lowest BCUT2D eigenvalue weighted by Crippen LogP contribution is -2.22. The SMILES string of the molecule is C[C@H](SCc1ccccc1)C(=O)Nc1ccc(OC(F)F)c(Cl)c1. The minimum atomic E-state index is -2.95. The van der Waals surface area contributed by atoms with Gasteiger partial charge in [-0.15, -0.1) is 11.8 Å². The van der Waals surface area contributed by atoms with Crippen LogP contribution in [-0.4, -0.2) is 17.8 Å². The Bertz CT molecular complexity index is 686. The van der Waals surface area contributed by atoms with Crippen LogP contribution in [0, 0.1) is 0 Å². The standard InChI is InChI=1S/C17H16ClF2NO2S/c1-11(24-10-12-5-3-2-4-6-12)16(22)21-13-7-8-15(14(18)9-13)23-17(19)20/h2-9,11,17H,10H2,1H3,(H,21,22)/t11-/m0/s1. The molecule has 0 aliphatic rings. The molecule has 0 saturated heterocycles. The number of anilines is 1. The van der Waals surface area contributed by atoms with Crippen LogP contribution in [0.5, 0.6) is 5.75 Å². The summed E-state index contributed by atoms with van der Waals surface area (Å²) in [7, 11) is 0. The monoisotopic (exact) mass is 371 g/mol. The van der Waals surface area contributed by atoms with Gasteiger partial charge in [0, 0.05) is 11.4 Å². The molecule has 0 saturated carbocycles. The number of nitrogens with one attached hydrogen (secondary N) is 1. The maximum absolute atomic E-state index is 12.2. The van der Waals surface area contributed by atoms with Gasteiger partial charge < -0.3 is 10.1 Å². The zero-order valence-electron chi connectivity index (χ0n) is 12.8. The number of thioether (sulfide) groups is 1. The molecule has 3 nitrogen and oxygen atoms in total. The molecule has 0 spiro atoms. The average Bonchev–Trinajstić information content (AvgIpc) is 2.55. The van der Waals surface area contributed by atoms with Crippen LogP contribution in [0.1, 0.15) is 12.5 Å². The molecule has 1 amide bonds. The van der Waals surface area contributed by atoms with Gasteiger partial charge in [0.15, 0.2) is 0 Å². The summed E-state index contributed by atoms with van der Waals surface area (Å²) in [6.07, 6.45) is 0. The molecule has 1 atom stereocenters. The van der Waals surface area contributed by atoms with Gasteiger partial charge in [-0.25, -0.2) is 0 Å². The van der Waals surface area contributed by atoms with E-state index in [4.69, 9.17) is 11.6 Å². The van der Waals surface area contributed by atoms with Crippen molar-refractivity contribution in [2.24, 2.45) is 0 Å². The van der Waals surface area contributed by atoms with Crippen molar-refractivity contribution >= 4 is 35.0 Å². The molecule has 0 radical (unpaired) electrons. The molecule has 128 valence electrons. The van der Waals surface area contributed by atoms with E-state index in [2.05, 4.69) is 10.1 Å². The molecule has 0 unspecified atom stereocenters. The minimum absolute atomic E-state index is 0.0118. The highest BCUT2D eigenvalue weighted by atomic mass is 35.5. The molecule has 7 heteroatoms. The first-order chi connectivity index (χ1) is 11.5. The third-order valence-corrected chi connectivity index (χ3v) is 4.64. The van der Waals surface area contributed by atoms with Crippen molar-refractivity contribution in [2.45, 2.75) is 24.5 Å². The van der Waals surface area contributed by atoms with Crippen molar-refractivity contribution in [3.05, 3.63) is 59.1 Å². The van der Waals surface area contributed by atoms with Crippen LogP contribution in [-0.2, 0) is 10.5 Å². The predicted octanol–water partition coefficient (Wildman–Crippen LogP) is 5.20. The van der Waals surface area contributed by atoms with Crippen molar-refractivity contribution in [2.75, 3.05) is 5.32 Å². The molecule has 0 bridgehead atoms. The lowest BCUT2D eigenvalue weighted by atomic mass is 10.2. The van der Waals surface area contributed by atoms with Gasteiger partial charge in [-0.05, 0) is 30.7 Å². The molecular formula is C17H16ClF2NO2S. The molecule has 24 heavy (non-hydrogen) atoms. The summed E-state index contributed by atoms with van der Waals surface area (Å²) in [5.41, 5.74) is 1.57. The number of amides is 1. The normalized spacial score (nSPS) is 12.0. The Balaban J connectivity index is 1.90. The molecule has 0 heterocycles. The molecule has 0 aliphatic carbocycles. The summed E-state index contributed by atoms with van der Waals surface area (Å²) < 4.78 is 28.6.